The zero-order valence-electron chi connectivity index (χ0n) is 21.1. The summed E-state index contributed by atoms with van der Waals surface area (Å²) in [6, 6.07) is 14.8. The number of carboxylic acid groups (broad SMARTS) is 1. The average Bonchev–Trinajstić information content (AvgIpc) is 2.92. The molecule has 15 heteroatoms. The third-order valence-corrected chi connectivity index (χ3v) is 11.3. The number of carbonyl (C=O) groups excluding carboxylic acids is 1. The first kappa shape index (κ1) is 36.1. The van der Waals surface area contributed by atoms with E-state index in [4.69, 9.17) is 25.1 Å². The van der Waals surface area contributed by atoms with E-state index in [0.717, 1.165) is 19.8 Å². The minimum atomic E-state index is -1.05. The van der Waals surface area contributed by atoms with Gasteiger partial charge in [-0.05, 0) is 225 Å². The van der Waals surface area contributed by atoms with Crippen molar-refractivity contribution in [3.05, 3.63) is 90.7 Å². The Morgan fingerprint density at radius 2 is 1.19 bits per heavy atom. The van der Waals surface area contributed by atoms with Crippen LogP contribution in [-0.4, -0.2) is 28.2 Å². The first-order chi connectivity index (χ1) is 20.2. The van der Waals surface area contributed by atoms with Crippen LogP contribution in [0.2, 0.25) is 0 Å². The van der Waals surface area contributed by atoms with Crippen molar-refractivity contribution in [1.82, 2.24) is 0 Å². The van der Waals surface area contributed by atoms with Gasteiger partial charge in [0.15, 0.2) is 11.5 Å². The summed E-state index contributed by atoms with van der Waals surface area (Å²) in [7, 11) is 0. The molecule has 0 amide bonds. The fourth-order valence-electron chi connectivity index (χ4n) is 3.57. The highest BCUT2D eigenvalue weighted by molar-refractivity contribution is 14.1. The molecule has 0 saturated carbocycles. The van der Waals surface area contributed by atoms with Gasteiger partial charge in [0.25, 0.3) is 0 Å². The molecule has 4 aromatic rings. The monoisotopic (exact) mass is 1370 g/mol. The van der Waals surface area contributed by atoms with Gasteiger partial charge in [-0.2, -0.15) is 0 Å². The van der Waals surface area contributed by atoms with Gasteiger partial charge in [-0.3, -0.25) is 4.79 Å². The Labute approximate surface area is 341 Å². The number of halogens is 7. The van der Waals surface area contributed by atoms with Crippen LogP contribution in [0.3, 0.4) is 0 Å². The molecule has 4 rings (SSSR count). The average molecular weight is 1370 g/mol. The molecule has 0 heterocycles. The van der Waals surface area contributed by atoms with E-state index in [2.05, 4.69) is 113 Å². The lowest BCUT2D eigenvalue weighted by atomic mass is 10.1. The minimum absolute atomic E-state index is 0.212. The van der Waals surface area contributed by atoms with Gasteiger partial charge >= 0.3 is 11.9 Å². The van der Waals surface area contributed by atoms with Gasteiger partial charge in [0.1, 0.15) is 29.0 Å². The number of rotatable bonds is 9. The van der Waals surface area contributed by atoms with E-state index in [1.54, 1.807) is 42.5 Å². The van der Waals surface area contributed by atoms with Gasteiger partial charge in [-0.1, -0.05) is 0 Å². The summed E-state index contributed by atoms with van der Waals surface area (Å²) >= 11 is 14.7. The number of carboxylic acids is 1. The first-order valence-corrected chi connectivity index (χ1v) is 19.3. The molecule has 0 spiro atoms. The van der Waals surface area contributed by atoms with Gasteiger partial charge in [0, 0.05) is 0 Å². The Kier molecular flexibility index (Phi) is 13.4. The molecule has 224 valence electrons. The van der Waals surface area contributed by atoms with Crippen LogP contribution < -0.4 is 19.9 Å². The standard InChI is InChI=1S/C28H16I7NO7/c29-15-8-13(41-25-18(32)3-11(4-19(25)33)5-22(36)27(38)39)1-2-23(15)43-28(40)12-6-20(34)26(21(35)7-12)42-14-9-16(30)24(37)17(31)10-14/h1-4,6-10,22,37H,5,36H2,(H,38,39)/t22-/m0/s1. The third kappa shape index (κ3) is 9.44. The van der Waals surface area contributed by atoms with Gasteiger partial charge in [0.2, 0.25) is 0 Å². The van der Waals surface area contributed by atoms with E-state index in [9.17, 15) is 14.7 Å². The highest BCUT2D eigenvalue weighted by Gasteiger charge is 2.19. The predicted octanol–water partition coefficient (Wildman–Crippen LogP) is 9.38. The zero-order valence-corrected chi connectivity index (χ0v) is 36.2. The molecule has 0 aliphatic heterocycles. The number of ether oxygens (including phenoxy) is 3. The summed E-state index contributed by atoms with van der Waals surface area (Å²) in [6.45, 7) is 0. The van der Waals surface area contributed by atoms with E-state index in [-0.39, 0.29) is 12.2 Å². The largest absolute Gasteiger partial charge is 0.506 e. The summed E-state index contributed by atoms with van der Waals surface area (Å²) < 4.78 is 23.1. The van der Waals surface area contributed by atoms with Gasteiger partial charge in [-0.15, -0.1) is 0 Å². The van der Waals surface area contributed by atoms with Crippen molar-refractivity contribution in [1.29, 1.82) is 0 Å². The highest BCUT2D eigenvalue weighted by Crippen LogP contribution is 2.38. The quantitative estimate of drug-likeness (QED) is 0.0860. The second kappa shape index (κ2) is 15.9. The van der Waals surface area contributed by atoms with E-state index < -0.39 is 18.0 Å². The molecule has 4 aromatic carbocycles. The topological polar surface area (TPSA) is 128 Å². The van der Waals surface area contributed by atoms with Crippen LogP contribution >= 0.6 is 158 Å². The summed E-state index contributed by atoms with van der Waals surface area (Å²) in [5, 5.41) is 19.2. The third-order valence-electron chi connectivity index (χ3n) is 5.60. The molecule has 0 saturated heterocycles. The van der Waals surface area contributed by atoms with Crippen LogP contribution in [0.25, 0.3) is 0 Å². The summed E-state index contributed by atoms with van der Waals surface area (Å²) in [6.07, 6.45) is 0.213. The molecule has 0 unspecified atom stereocenters. The molecule has 4 N–H and O–H groups in total. The Morgan fingerprint density at radius 3 is 1.70 bits per heavy atom. The molecule has 0 aromatic heterocycles. The van der Waals surface area contributed by atoms with Crippen molar-refractivity contribution in [3.63, 3.8) is 0 Å². The van der Waals surface area contributed by atoms with E-state index in [1.807, 2.05) is 57.3 Å². The summed E-state index contributed by atoms with van der Waals surface area (Å²) in [4.78, 5) is 24.2. The highest BCUT2D eigenvalue weighted by atomic mass is 127. The Hall–Kier alpha value is 0.290. The Balaban J connectivity index is 1.48. The predicted molar refractivity (Wildman–Crippen MR) is 221 cm³/mol. The van der Waals surface area contributed by atoms with E-state index in [1.165, 1.54) is 0 Å². The van der Waals surface area contributed by atoms with E-state index >= 15 is 0 Å². The second-order valence-electron chi connectivity index (χ2n) is 8.73. The molecular weight excluding hydrogens is 1350 g/mol. The number of esters is 1. The molecule has 0 radical (unpaired) electrons. The fraction of sp³-hybridized carbons (Fsp3) is 0.0714. The van der Waals surface area contributed by atoms with Crippen LogP contribution in [0.15, 0.2) is 54.6 Å². The number of benzene rings is 4. The number of phenolic OH excluding ortho intramolecular Hbond substituents is 1. The number of carbonyl (C=O) groups is 2. The van der Waals surface area contributed by atoms with Crippen LogP contribution in [-0.2, 0) is 11.2 Å². The Morgan fingerprint density at radius 1 is 0.698 bits per heavy atom. The molecule has 43 heavy (non-hydrogen) atoms. The molecule has 0 bridgehead atoms. The normalized spacial score (nSPS) is 11.6. The second-order valence-corrected chi connectivity index (χ2v) is 16.9. The van der Waals surface area contributed by atoms with Crippen molar-refractivity contribution in [2.75, 3.05) is 0 Å². The molecule has 0 aliphatic rings. The molecular formula is C28H16I7NO7. The fourth-order valence-corrected chi connectivity index (χ4v) is 9.98. The lowest BCUT2D eigenvalue weighted by Gasteiger charge is -2.15. The van der Waals surface area contributed by atoms with Crippen molar-refractivity contribution in [2.24, 2.45) is 5.73 Å². The van der Waals surface area contributed by atoms with Crippen LogP contribution in [0.4, 0.5) is 0 Å². The number of hydrogen-bond donors (Lipinski definition) is 3. The SMILES string of the molecule is N[C@@H](Cc1cc(I)c(Oc2ccc(OC(=O)c3cc(I)c(Oc4cc(I)c(O)c(I)c4)c(I)c3)c(I)c2)c(I)c1)C(=O)O. The van der Waals surface area contributed by atoms with Crippen molar-refractivity contribution >= 4 is 170 Å². The van der Waals surface area contributed by atoms with Gasteiger partial charge in [-0.25, -0.2) is 4.79 Å². The molecule has 8 nitrogen and oxygen atoms in total. The van der Waals surface area contributed by atoms with Gasteiger partial charge in [0.05, 0.1) is 30.6 Å². The maximum Gasteiger partial charge on any atom is 0.343 e. The first-order valence-electron chi connectivity index (χ1n) is 11.7. The van der Waals surface area contributed by atoms with Crippen molar-refractivity contribution in [2.45, 2.75) is 12.5 Å². The maximum atomic E-state index is 13.1. The van der Waals surface area contributed by atoms with Crippen LogP contribution in [0.5, 0.6) is 34.5 Å². The smallest absolute Gasteiger partial charge is 0.343 e. The maximum absolute atomic E-state index is 13.1. The Bertz CT molecular complexity index is 1680. The molecule has 1 atom stereocenters. The lowest BCUT2D eigenvalue weighted by Crippen LogP contribution is -2.32. The number of phenols is 1. The number of nitrogens with two attached hydrogens (primary N) is 1. The number of aromatic hydroxyl groups is 1. The number of aliphatic carboxylic acids is 1. The number of hydrogen-bond acceptors (Lipinski definition) is 7. The summed E-state index contributed by atoms with van der Waals surface area (Å²) in [5.41, 5.74) is 6.87. The molecule has 0 fully saturated rings. The van der Waals surface area contributed by atoms with Crippen LogP contribution in [0, 0.1) is 25.0 Å². The van der Waals surface area contributed by atoms with Crippen LogP contribution in [0.1, 0.15) is 15.9 Å². The zero-order chi connectivity index (χ0) is 31.6. The minimum Gasteiger partial charge on any atom is -0.506 e. The molecule has 0 aliphatic carbocycles. The lowest BCUT2D eigenvalue weighted by molar-refractivity contribution is -0.138. The van der Waals surface area contributed by atoms with Crippen molar-refractivity contribution in [3.8, 4) is 34.5 Å². The van der Waals surface area contributed by atoms with E-state index in [0.29, 0.717) is 45.0 Å². The van der Waals surface area contributed by atoms with Crippen molar-refractivity contribution < 1.29 is 34.0 Å². The van der Waals surface area contributed by atoms with Gasteiger partial charge < -0.3 is 30.2 Å². The summed E-state index contributed by atoms with van der Waals surface area (Å²) in [5.74, 6) is 1.42.